The maximum atomic E-state index is 13.8. The van der Waals surface area contributed by atoms with Crippen molar-refractivity contribution in [3.63, 3.8) is 0 Å². The van der Waals surface area contributed by atoms with Gasteiger partial charge in [0.15, 0.2) is 0 Å². The van der Waals surface area contributed by atoms with Gasteiger partial charge in [-0.3, -0.25) is 9.59 Å². The molecule has 204 valence electrons. The number of nitrogens with one attached hydrogen (secondary N) is 1. The predicted molar refractivity (Wildman–Crippen MR) is 157 cm³/mol. The minimum atomic E-state index is -0.211. The van der Waals surface area contributed by atoms with Crippen molar-refractivity contribution < 1.29 is 14.3 Å². The van der Waals surface area contributed by atoms with E-state index in [0.29, 0.717) is 34.4 Å². The third-order valence-corrected chi connectivity index (χ3v) is 8.23. The molecule has 3 aromatic carbocycles. The Kier molecular flexibility index (Phi) is 8.50. The van der Waals surface area contributed by atoms with Gasteiger partial charge < -0.3 is 19.9 Å². The third kappa shape index (κ3) is 6.62. The van der Waals surface area contributed by atoms with E-state index in [9.17, 15) is 9.59 Å². The van der Waals surface area contributed by atoms with Gasteiger partial charge in [0.1, 0.15) is 5.75 Å². The zero-order valence-electron chi connectivity index (χ0n) is 23.1. The molecule has 6 nitrogen and oxygen atoms in total. The highest BCUT2D eigenvalue weighted by Crippen LogP contribution is 2.32. The number of carbonyl (C=O) groups is 2. The first-order chi connectivity index (χ1) is 19.0. The minimum Gasteiger partial charge on any atom is -0.497 e. The van der Waals surface area contributed by atoms with Gasteiger partial charge in [-0.25, -0.2) is 0 Å². The zero-order valence-corrected chi connectivity index (χ0v) is 23.1. The van der Waals surface area contributed by atoms with E-state index >= 15 is 0 Å². The Bertz CT molecular complexity index is 1260. The summed E-state index contributed by atoms with van der Waals surface area (Å²) in [7, 11) is 1.60. The molecule has 0 radical (unpaired) electrons. The number of ether oxygens (including phenoxy) is 1. The fourth-order valence-corrected chi connectivity index (χ4v) is 5.71. The van der Waals surface area contributed by atoms with Gasteiger partial charge in [0.25, 0.3) is 11.8 Å². The monoisotopic (exact) mass is 525 g/mol. The second-order valence-electron chi connectivity index (χ2n) is 11.0. The largest absolute Gasteiger partial charge is 0.497 e. The molecule has 0 atom stereocenters. The Morgan fingerprint density at radius 1 is 0.872 bits per heavy atom. The first kappa shape index (κ1) is 26.8. The Morgan fingerprint density at radius 3 is 2.23 bits per heavy atom. The fourth-order valence-electron chi connectivity index (χ4n) is 5.71. The van der Waals surface area contributed by atoms with E-state index in [2.05, 4.69) is 47.5 Å². The van der Waals surface area contributed by atoms with Crippen molar-refractivity contribution in [1.82, 2.24) is 4.90 Å². The molecule has 2 amide bonds. The van der Waals surface area contributed by atoms with Gasteiger partial charge >= 0.3 is 0 Å². The van der Waals surface area contributed by atoms with E-state index in [0.717, 1.165) is 64.0 Å². The number of hydrogen-bond acceptors (Lipinski definition) is 4. The maximum absolute atomic E-state index is 13.8. The van der Waals surface area contributed by atoms with Crippen molar-refractivity contribution in [2.75, 3.05) is 43.5 Å². The molecular formula is C33H39N3O3. The van der Waals surface area contributed by atoms with Crippen LogP contribution in [0.3, 0.4) is 0 Å². The number of hydrogen-bond donors (Lipinski definition) is 1. The number of piperidine rings is 2. The summed E-state index contributed by atoms with van der Waals surface area (Å²) in [5.74, 6) is 1.84. The lowest BCUT2D eigenvalue weighted by molar-refractivity contribution is 0.0697. The molecule has 0 aromatic heterocycles. The molecule has 0 saturated carbocycles. The molecule has 0 bridgehead atoms. The van der Waals surface area contributed by atoms with Crippen LogP contribution in [0.4, 0.5) is 11.4 Å². The summed E-state index contributed by atoms with van der Waals surface area (Å²) in [6.07, 6.45) is 5.35. The summed E-state index contributed by atoms with van der Waals surface area (Å²) in [6.45, 7) is 5.66. The average molecular weight is 526 g/mol. The van der Waals surface area contributed by atoms with Crippen LogP contribution < -0.4 is 15.0 Å². The molecule has 1 N–H and O–H groups in total. The van der Waals surface area contributed by atoms with E-state index in [-0.39, 0.29) is 11.8 Å². The lowest BCUT2D eigenvalue weighted by Crippen LogP contribution is -2.40. The SMILES string of the molecule is COc1ccc(C(=O)Nc2ccc(N3CCC(Cc4ccccc4)CC3)c(C(=O)N3CCC(C)CC3)c2)cc1. The number of benzene rings is 3. The molecule has 2 aliphatic rings. The van der Waals surface area contributed by atoms with E-state index in [1.54, 1.807) is 31.4 Å². The van der Waals surface area contributed by atoms with Crippen molar-refractivity contribution in [1.29, 1.82) is 0 Å². The first-order valence-corrected chi connectivity index (χ1v) is 14.2. The van der Waals surface area contributed by atoms with Crippen molar-refractivity contribution >= 4 is 23.2 Å². The number of carbonyl (C=O) groups excluding carboxylic acids is 2. The third-order valence-electron chi connectivity index (χ3n) is 8.23. The van der Waals surface area contributed by atoms with Gasteiger partial charge in [-0.15, -0.1) is 0 Å². The summed E-state index contributed by atoms with van der Waals surface area (Å²) >= 11 is 0. The van der Waals surface area contributed by atoms with Crippen LogP contribution in [-0.2, 0) is 6.42 Å². The summed E-state index contributed by atoms with van der Waals surface area (Å²) in [5.41, 5.74) is 4.21. The average Bonchev–Trinajstić information content (AvgIpc) is 2.98. The first-order valence-electron chi connectivity index (χ1n) is 14.2. The van der Waals surface area contributed by atoms with E-state index in [1.807, 2.05) is 23.1 Å². The summed E-state index contributed by atoms with van der Waals surface area (Å²) in [6, 6.07) is 23.5. The molecule has 5 rings (SSSR count). The normalized spacial score (nSPS) is 16.7. The molecule has 0 aliphatic carbocycles. The second-order valence-corrected chi connectivity index (χ2v) is 11.0. The van der Waals surface area contributed by atoms with Crippen molar-refractivity contribution in [2.45, 2.75) is 39.0 Å². The molecule has 3 aromatic rings. The van der Waals surface area contributed by atoms with Crippen molar-refractivity contribution in [3.05, 3.63) is 89.5 Å². The van der Waals surface area contributed by atoms with Crippen LogP contribution in [0.2, 0.25) is 0 Å². The summed E-state index contributed by atoms with van der Waals surface area (Å²) in [5, 5.41) is 3.00. The van der Waals surface area contributed by atoms with Gasteiger partial charge in [-0.1, -0.05) is 37.3 Å². The van der Waals surface area contributed by atoms with Crippen LogP contribution in [0.15, 0.2) is 72.8 Å². The predicted octanol–water partition coefficient (Wildman–Crippen LogP) is 6.28. The molecule has 0 unspecified atom stereocenters. The highest BCUT2D eigenvalue weighted by atomic mass is 16.5. The lowest BCUT2D eigenvalue weighted by Gasteiger charge is -2.36. The van der Waals surface area contributed by atoms with Crippen LogP contribution in [0.25, 0.3) is 0 Å². The molecule has 2 saturated heterocycles. The van der Waals surface area contributed by atoms with Crippen LogP contribution in [0, 0.1) is 11.8 Å². The van der Waals surface area contributed by atoms with Crippen LogP contribution >= 0.6 is 0 Å². The van der Waals surface area contributed by atoms with Gasteiger partial charge in [0.2, 0.25) is 0 Å². The Morgan fingerprint density at radius 2 is 1.56 bits per heavy atom. The van der Waals surface area contributed by atoms with Gasteiger partial charge in [0.05, 0.1) is 12.7 Å². The smallest absolute Gasteiger partial charge is 0.256 e. The number of rotatable bonds is 7. The molecule has 39 heavy (non-hydrogen) atoms. The molecule has 6 heteroatoms. The molecular weight excluding hydrogens is 486 g/mol. The molecule has 0 spiro atoms. The van der Waals surface area contributed by atoms with Crippen molar-refractivity contribution in [3.8, 4) is 5.75 Å². The van der Waals surface area contributed by atoms with Gasteiger partial charge in [-0.05, 0) is 92.0 Å². The number of methoxy groups -OCH3 is 1. The molecule has 2 aliphatic heterocycles. The van der Waals surface area contributed by atoms with Crippen LogP contribution in [-0.4, -0.2) is 50.0 Å². The molecule has 2 fully saturated rings. The Labute approximate surface area is 232 Å². The number of amides is 2. The van der Waals surface area contributed by atoms with Gasteiger partial charge in [0, 0.05) is 43.1 Å². The lowest BCUT2D eigenvalue weighted by atomic mass is 9.89. The van der Waals surface area contributed by atoms with Gasteiger partial charge in [-0.2, -0.15) is 0 Å². The van der Waals surface area contributed by atoms with Crippen LogP contribution in [0.5, 0.6) is 5.75 Å². The Balaban J connectivity index is 1.34. The van der Waals surface area contributed by atoms with Crippen LogP contribution in [0.1, 0.15) is 58.9 Å². The van der Waals surface area contributed by atoms with E-state index in [4.69, 9.17) is 4.74 Å². The zero-order chi connectivity index (χ0) is 27.2. The minimum absolute atomic E-state index is 0.0591. The van der Waals surface area contributed by atoms with E-state index < -0.39 is 0 Å². The molecule has 2 heterocycles. The Hall–Kier alpha value is -3.80. The second kappa shape index (κ2) is 12.4. The summed E-state index contributed by atoms with van der Waals surface area (Å²) in [4.78, 5) is 31.1. The highest BCUT2D eigenvalue weighted by molar-refractivity contribution is 6.06. The standard InChI is InChI=1S/C33H39N3O3/c1-24-14-18-36(19-15-24)33(38)30-23-28(34-32(37)27-8-11-29(39-2)12-9-27)10-13-31(30)35-20-16-26(17-21-35)22-25-6-4-3-5-7-25/h3-13,23-24,26H,14-22H2,1-2H3,(H,34,37). The summed E-state index contributed by atoms with van der Waals surface area (Å²) < 4.78 is 5.20. The maximum Gasteiger partial charge on any atom is 0.256 e. The topological polar surface area (TPSA) is 61.9 Å². The van der Waals surface area contributed by atoms with Crippen molar-refractivity contribution in [2.24, 2.45) is 11.8 Å². The highest BCUT2D eigenvalue weighted by Gasteiger charge is 2.27. The number of anilines is 2. The number of likely N-dealkylation sites (tertiary alicyclic amines) is 1. The van der Waals surface area contributed by atoms with E-state index in [1.165, 1.54) is 5.56 Å². The number of nitrogens with zero attached hydrogens (tertiary/aromatic N) is 2. The quantitative estimate of drug-likeness (QED) is 0.394. The fraction of sp³-hybridized carbons (Fsp3) is 0.394.